The van der Waals surface area contributed by atoms with Crippen molar-refractivity contribution in [3.05, 3.63) is 70.6 Å². The smallest absolute Gasteiger partial charge is 0.137 e. The summed E-state index contributed by atoms with van der Waals surface area (Å²) in [5.74, 6) is 0.959. The van der Waals surface area contributed by atoms with Gasteiger partial charge in [0.25, 0.3) is 0 Å². The van der Waals surface area contributed by atoms with Gasteiger partial charge in [0, 0.05) is 21.4 Å². The SMILES string of the molecule is Ic1ccc2cnc(-n3ccc4ccccc43)cc2c1. The van der Waals surface area contributed by atoms with Gasteiger partial charge in [0.1, 0.15) is 5.82 Å². The minimum absolute atomic E-state index is 0.959. The molecule has 0 unspecified atom stereocenters. The fraction of sp³-hybridized carbons (Fsp3) is 0. The van der Waals surface area contributed by atoms with Crippen LogP contribution in [0.1, 0.15) is 0 Å². The van der Waals surface area contributed by atoms with E-state index in [0.29, 0.717) is 0 Å². The van der Waals surface area contributed by atoms with E-state index < -0.39 is 0 Å². The van der Waals surface area contributed by atoms with Crippen molar-refractivity contribution in [2.75, 3.05) is 0 Å². The Morgan fingerprint density at radius 2 is 1.75 bits per heavy atom. The first kappa shape index (κ1) is 11.9. The van der Waals surface area contributed by atoms with E-state index in [1.807, 2.05) is 6.20 Å². The molecule has 2 aromatic carbocycles. The second-order valence-electron chi connectivity index (χ2n) is 4.78. The third-order valence-electron chi connectivity index (χ3n) is 3.52. The van der Waals surface area contributed by atoms with Crippen LogP contribution in [0.2, 0.25) is 0 Å². The summed E-state index contributed by atoms with van der Waals surface area (Å²) >= 11 is 2.34. The van der Waals surface area contributed by atoms with Gasteiger partial charge in [-0.25, -0.2) is 4.98 Å². The van der Waals surface area contributed by atoms with Crippen LogP contribution < -0.4 is 0 Å². The van der Waals surface area contributed by atoms with Crippen molar-refractivity contribution in [2.45, 2.75) is 0 Å². The van der Waals surface area contributed by atoms with Gasteiger partial charge in [-0.2, -0.15) is 0 Å². The molecule has 0 saturated heterocycles. The second-order valence-corrected chi connectivity index (χ2v) is 6.02. The average Bonchev–Trinajstić information content (AvgIpc) is 2.90. The summed E-state index contributed by atoms with van der Waals surface area (Å²) in [6, 6.07) is 19.0. The van der Waals surface area contributed by atoms with Gasteiger partial charge in [-0.05, 0) is 63.7 Å². The van der Waals surface area contributed by atoms with Crippen LogP contribution >= 0.6 is 22.6 Å². The van der Waals surface area contributed by atoms with Crippen molar-refractivity contribution >= 4 is 44.3 Å². The van der Waals surface area contributed by atoms with Crippen molar-refractivity contribution in [3.63, 3.8) is 0 Å². The summed E-state index contributed by atoms with van der Waals surface area (Å²) in [7, 11) is 0. The van der Waals surface area contributed by atoms with E-state index in [-0.39, 0.29) is 0 Å². The highest BCUT2D eigenvalue weighted by Crippen LogP contribution is 2.23. The predicted octanol–water partition coefficient (Wildman–Crippen LogP) is 4.78. The van der Waals surface area contributed by atoms with Crippen molar-refractivity contribution < 1.29 is 0 Å². The first-order valence-electron chi connectivity index (χ1n) is 6.43. The topological polar surface area (TPSA) is 17.8 Å². The molecule has 2 nitrogen and oxygen atoms in total. The summed E-state index contributed by atoms with van der Waals surface area (Å²) in [5, 5.41) is 3.63. The Bertz CT molecular complexity index is 924. The van der Waals surface area contributed by atoms with Crippen LogP contribution in [0.15, 0.2) is 67.0 Å². The molecule has 0 spiro atoms. The molecule has 0 atom stereocenters. The fourth-order valence-electron chi connectivity index (χ4n) is 2.51. The largest absolute Gasteiger partial charge is 0.301 e. The van der Waals surface area contributed by atoms with Crippen LogP contribution in [0.4, 0.5) is 0 Å². The molecule has 2 aromatic heterocycles. The van der Waals surface area contributed by atoms with E-state index in [1.54, 1.807) is 0 Å². The lowest BCUT2D eigenvalue weighted by Crippen LogP contribution is -1.95. The number of benzene rings is 2. The Morgan fingerprint density at radius 1 is 0.850 bits per heavy atom. The maximum atomic E-state index is 4.59. The molecule has 20 heavy (non-hydrogen) atoms. The van der Waals surface area contributed by atoms with Gasteiger partial charge in [0.05, 0.1) is 5.52 Å². The Hall–Kier alpha value is -1.88. The molecule has 4 rings (SSSR count). The van der Waals surface area contributed by atoms with Crippen LogP contribution in [0, 0.1) is 3.57 Å². The van der Waals surface area contributed by atoms with Gasteiger partial charge in [-0.3, -0.25) is 0 Å². The summed E-state index contributed by atoms with van der Waals surface area (Å²) in [4.78, 5) is 4.59. The molecule has 4 aromatic rings. The number of rotatable bonds is 1. The van der Waals surface area contributed by atoms with Crippen molar-refractivity contribution in [2.24, 2.45) is 0 Å². The number of hydrogen-bond acceptors (Lipinski definition) is 1. The maximum absolute atomic E-state index is 4.59. The van der Waals surface area contributed by atoms with Gasteiger partial charge in [0.2, 0.25) is 0 Å². The van der Waals surface area contributed by atoms with Crippen LogP contribution in [0.5, 0.6) is 0 Å². The number of aromatic nitrogens is 2. The molecule has 0 aliphatic carbocycles. The third kappa shape index (κ3) is 1.89. The zero-order valence-electron chi connectivity index (χ0n) is 10.6. The van der Waals surface area contributed by atoms with E-state index in [4.69, 9.17) is 0 Å². The Kier molecular flexibility index (Phi) is 2.73. The van der Waals surface area contributed by atoms with Gasteiger partial charge in [0.15, 0.2) is 0 Å². The zero-order chi connectivity index (χ0) is 13.5. The first-order chi connectivity index (χ1) is 9.81. The third-order valence-corrected chi connectivity index (χ3v) is 4.19. The molecule has 0 fully saturated rings. The van der Waals surface area contributed by atoms with Gasteiger partial charge in [-0.1, -0.05) is 24.3 Å². The molecule has 0 amide bonds. The van der Waals surface area contributed by atoms with Gasteiger partial charge in [-0.15, -0.1) is 0 Å². The van der Waals surface area contributed by atoms with Crippen LogP contribution in [-0.4, -0.2) is 9.55 Å². The number of pyridine rings is 1. The van der Waals surface area contributed by atoms with Crippen LogP contribution in [0.3, 0.4) is 0 Å². The Balaban J connectivity index is 1.97. The van der Waals surface area contributed by atoms with E-state index in [0.717, 1.165) is 5.82 Å². The summed E-state index contributed by atoms with van der Waals surface area (Å²) < 4.78 is 3.37. The first-order valence-corrected chi connectivity index (χ1v) is 7.51. The Morgan fingerprint density at radius 3 is 2.70 bits per heavy atom. The standard InChI is InChI=1S/C17H11IN2/c18-15-6-5-13-11-19-17(10-14(13)9-15)20-8-7-12-3-1-2-4-16(12)20/h1-11H. The van der Waals surface area contributed by atoms with Crippen molar-refractivity contribution in [1.82, 2.24) is 9.55 Å². The highest BCUT2D eigenvalue weighted by molar-refractivity contribution is 14.1. The predicted molar refractivity (Wildman–Crippen MR) is 91.3 cm³/mol. The zero-order valence-corrected chi connectivity index (χ0v) is 12.8. The molecule has 0 saturated carbocycles. The number of nitrogens with zero attached hydrogens (tertiary/aromatic N) is 2. The molecular formula is C17H11IN2. The van der Waals surface area contributed by atoms with Crippen LogP contribution in [0.25, 0.3) is 27.5 Å². The van der Waals surface area contributed by atoms with E-state index in [1.165, 1.54) is 25.2 Å². The monoisotopic (exact) mass is 370 g/mol. The highest BCUT2D eigenvalue weighted by Gasteiger charge is 2.05. The molecule has 0 radical (unpaired) electrons. The van der Waals surface area contributed by atoms with Gasteiger partial charge >= 0.3 is 0 Å². The van der Waals surface area contributed by atoms with E-state index in [2.05, 4.69) is 92.9 Å². The van der Waals surface area contributed by atoms with Gasteiger partial charge < -0.3 is 4.57 Å². The summed E-state index contributed by atoms with van der Waals surface area (Å²) in [6.07, 6.45) is 4.02. The van der Waals surface area contributed by atoms with Crippen molar-refractivity contribution in [1.29, 1.82) is 0 Å². The maximum Gasteiger partial charge on any atom is 0.137 e. The molecule has 96 valence electrons. The lowest BCUT2D eigenvalue weighted by atomic mass is 10.2. The number of hydrogen-bond donors (Lipinski definition) is 0. The van der Waals surface area contributed by atoms with E-state index >= 15 is 0 Å². The molecule has 0 aliphatic heterocycles. The molecule has 0 N–H and O–H groups in total. The molecule has 0 aliphatic rings. The minimum atomic E-state index is 0.959. The highest BCUT2D eigenvalue weighted by atomic mass is 127. The fourth-order valence-corrected chi connectivity index (χ4v) is 3.03. The average molecular weight is 370 g/mol. The molecule has 0 bridgehead atoms. The lowest BCUT2D eigenvalue weighted by Gasteiger charge is -2.06. The molecule has 3 heteroatoms. The number of halogens is 1. The summed E-state index contributed by atoms with van der Waals surface area (Å²) in [5.41, 5.74) is 1.19. The quantitative estimate of drug-likeness (QED) is 0.441. The second kappa shape index (κ2) is 4.59. The Labute approximate surface area is 130 Å². The molecule has 2 heterocycles. The minimum Gasteiger partial charge on any atom is -0.301 e. The van der Waals surface area contributed by atoms with Crippen molar-refractivity contribution in [3.8, 4) is 5.82 Å². The van der Waals surface area contributed by atoms with Crippen LogP contribution in [-0.2, 0) is 0 Å². The summed E-state index contributed by atoms with van der Waals surface area (Å²) in [6.45, 7) is 0. The number of fused-ring (bicyclic) bond motifs is 2. The number of para-hydroxylation sites is 1. The van der Waals surface area contributed by atoms with E-state index in [9.17, 15) is 0 Å². The molecular weight excluding hydrogens is 359 g/mol. The lowest BCUT2D eigenvalue weighted by molar-refractivity contribution is 1.05. The normalized spacial score (nSPS) is 11.2.